The highest BCUT2D eigenvalue weighted by atomic mass is 16.1. The maximum atomic E-state index is 11.8. The van der Waals surface area contributed by atoms with Crippen LogP contribution in [0.1, 0.15) is 54.4 Å². The summed E-state index contributed by atoms with van der Waals surface area (Å²) in [6, 6.07) is 0. The van der Waals surface area contributed by atoms with E-state index >= 15 is 0 Å². The molecule has 2 heteroatoms. The van der Waals surface area contributed by atoms with Crippen LogP contribution in [0, 0.1) is 21.7 Å². The standard InChI is InChI=1S/C14H23O2/c1-11(2)7-8-12(3,4)14(11,10-16)13(5,6)9-15/h10H,7-8H2,1-6H3. The van der Waals surface area contributed by atoms with Gasteiger partial charge in [0.05, 0.1) is 0 Å². The molecule has 0 spiro atoms. The largest absolute Gasteiger partial charge is 0.303 e. The zero-order valence-corrected chi connectivity index (χ0v) is 11.3. The SMILES string of the molecule is CC(C)([C]=O)C1(C=O)C(C)(C)CCC1(C)C. The third-order valence-corrected chi connectivity index (χ3v) is 4.93. The summed E-state index contributed by atoms with van der Waals surface area (Å²) < 4.78 is 0. The molecule has 0 saturated heterocycles. The maximum absolute atomic E-state index is 11.8. The van der Waals surface area contributed by atoms with E-state index in [0.29, 0.717) is 0 Å². The van der Waals surface area contributed by atoms with E-state index in [-0.39, 0.29) is 10.8 Å². The van der Waals surface area contributed by atoms with Crippen LogP contribution >= 0.6 is 0 Å². The number of carbonyl (C=O) groups excluding carboxylic acids is 2. The van der Waals surface area contributed by atoms with Crippen molar-refractivity contribution in [1.82, 2.24) is 0 Å². The van der Waals surface area contributed by atoms with Gasteiger partial charge in [-0.05, 0) is 23.7 Å². The second kappa shape index (κ2) is 3.41. The Morgan fingerprint density at radius 3 is 1.69 bits per heavy atom. The topological polar surface area (TPSA) is 34.1 Å². The van der Waals surface area contributed by atoms with Gasteiger partial charge in [0.2, 0.25) is 6.29 Å². The highest BCUT2D eigenvalue weighted by Gasteiger charge is 2.66. The molecule has 16 heavy (non-hydrogen) atoms. The highest BCUT2D eigenvalue weighted by molar-refractivity contribution is 5.75. The third-order valence-electron chi connectivity index (χ3n) is 4.93. The van der Waals surface area contributed by atoms with E-state index in [9.17, 15) is 9.59 Å². The molecule has 2 nitrogen and oxygen atoms in total. The molecule has 0 amide bonds. The van der Waals surface area contributed by atoms with Crippen molar-refractivity contribution in [2.24, 2.45) is 21.7 Å². The molecule has 0 N–H and O–H groups in total. The first-order chi connectivity index (χ1) is 7.08. The van der Waals surface area contributed by atoms with Gasteiger partial charge in [0.25, 0.3) is 0 Å². The van der Waals surface area contributed by atoms with Crippen molar-refractivity contribution in [2.45, 2.75) is 54.4 Å². The number of carbonyl (C=O) groups is 1. The zero-order chi connectivity index (χ0) is 12.8. The number of aldehydes is 1. The van der Waals surface area contributed by atoms with Crippen LogP contribution in [0.25, 0.3) is 0 Å². The fourth-order valence-electron chi connectivity index (χ4n) is 4.17. The first-order valence-electron chi connectivity index (χ1n) is 5.94. The lowest BCUT2D eigenvalue weighted by atomic mass is 9.48. The molecular weight excluding hydrogens is 200 g/mol. The lowest BCUT2D eigenvalue weighted by molar-refractivity contribution is -0.138. The summed E-state index contributed by atoms with van der Waals surface area (Å²) in [5, 5.41) is 0. The van der Waals surface area contributed by atoms with Gasteiger partial charge in [-0.15, -0.1) is 0 Å². The van der Waals surface area contributed by atoms with Crippen LogP contribution in [0.4, 0.5) is 0 Å². The first-order valence-corrected chi connectivity index (χ1v) is 5.94. The van der Waals surface area contributed by atoms with Crippen LogP contribution in [0.2, 0.25) is 0 Å². The van der Waals surface area contributed by atoms with Crippen LogP contribution in [0.5, 0.6) is 0 Å². The Morgan fingerprint density at radius 1 is 1.06 bits per heavy atom. The molecule has 1 radical (unpaired) electrons. The van der Waals surface area contributed by atoms with Gasteiger partial charge in [-0.1, -0.05) is 41.5 Å². The Kier molecular flexibility index (Phi) is 2.86. The van der Waals surface area contributed by atoms with Crippen molar-refractivity contribution in [3.8, 4) is 0 Å². The van der Waals surface area contributed by atoms with Crippen molar-refractivity contribution in [3.63, 3.8) is 0 Å². The number of hydrogen-bond acceptors (Lipinski definition) is 2. The van der Waals surface area contributed by atoms with Gasteiger partial charge in [-0.3, -0.25) is 4.79 Å². The fourth-order valence-corrected chi connectivity index (χ4v) is 4.17. The summed E-state index contributed by atoms with van der Waals surface area (Å²) in [4.78, 5) is 23.1. The van der Waals surface area contributed by atoms with Crippen LogP contribution < -0.4 is 0 Å². The molecule has 0 aromatic rings. The molecule has 0 aromatic carbocycles. The Labute approximate surface area is 98.8 Å². The zero-order valence-electron chi connectivity index (χ0n) is 11.3. The molecule has 0 atom stereocenters. The second-order valence-electron chi connectivity index (χ2n) is 6.92. The van der Waals surface area contributed by atoms with Crippen LogP contribution in [0.15, 0.2) is 0 Å². The van der Waals surface area contributed by atoms with Gasteiger partial charge in [-0.25, -0.2) is 0 Å². The monoisotopic (exact) mass is 223 g/mol. The predicted molar refractivity (Wildman–Crippen MR) is 64.8 cm³/mol. The van der Waals surface area contributed by atoms with E-state index in [2.05, 4.69) is 34.0 Å². The van der Waals surface area contributed by atoms with Crippen LogP contribution in [0.3, 0.4) is 0 Å². The van der Waals surface area contributed by atoms with E-state index in [4.69, 9.17) is 0 Å². The molecule has 0 bridgehead atoms. The first kappa shape index (κ1) is 13.4. The minimum atomic E-state index is -0.738. The normalized spacial score (nSPS) is 26.4. The Bertz CT molecular complexity index is 295. The average molecular weight is 223 g/mol. The molecule has 0 aliphatic heterocycles. The Morgan fingerprint density at radius 2 is 1.44 bits per heavy atom. The highest BCUT2D eigenvalue weighted by Crippen LogP contribution is 2.67. The third kappa shape index (κ3) is 1.31. The molecular formula is C14H23O2. The van der Waals surface area contributed by atoms with Crippen molar-refractivity contribution in [3.05, 3.63) is 0 Å². The summed E-state index contributed by atoms with van der Waals surface area (Å²) in [5.41, 5.74) is -1.68. The minimum absolute atomic E-state index is 0.154. The smallest absolute Gasteiger partial charge is 0.205 e. The number of rotatable bonds is 3. The quantitative estimate of drug-likeness (QED) is 0.689. The van der Waals surface area contributed by atoms with E-state index in [0.717, 1.165) is 19.1 Å². The van der Waals surface area contributed by atoms with E-state index < -0.39 is 10.8 Å². The average Bonchev–Trinajstić information content (AvgIpc) is 2.34. The van der Waals surface area contributed by atoms with Crippen molar-refractivity contribution in [1.29, 1.82) is 0 Å². The lowest BCUT2D eigenvalue weighted by Gasteiger charge is -2.52. The second-order valence-corrected chi connectivity index (χ2v) is 6.92. The summed E-state index contributed by atoms with van der Waals surface area (Å²) in [6.45, 7) is 12.0. The Balaban J connectivity index is 3.50. The van der Waals surface area contributed by atoms with Crippen molar-refractivity contribution in [2.75, 3.05) is 0 Å². The molecule has 0 unspecified atom stereocenters. The van der Waals surface area contributed by atoms with Gasteiger partial charge in [0, 0.05) is 10.8 Å². The minimum Gasteiger partial charge on any atom is -0.303 e. The van der Waals surface area contributed by atoms with Gasteiger partial charge in [0.1, 0.15) is 6.29 Å². The molecule has 0 aromatic heterocycles. The molecule has 1 rings (SSSR count). The molecule has 1 saturated carbocycles. The van der Waals surface area contributed by atoms with E-state index in [1.54, 1.807) is 0 Å². The van der Waals surface area contributed by atoms with Gasteiger partial charge >= 0.3 is 0 Å². The molecule has 0 heterocycles. The summed E-state index contributed by atoms with van der Waals surface area (Å²) in [7, 11) is 0. The Hall–Kier alpha value is -0.660. The van der Waals surface area contributed by atoms with Gasteiger partial charge in [0.15, 0.2) is 0 Å². The lowest BCUT2D eigenvalue weighted by Crippen LogP contribution is -2.55. The summed E-state index contributed by atoms with van der Waals surface area (Å²) >= 11 is 0. The van der Waals surface area contributed by atoms with Gasteiger partial charge < -0.3 is 4.79 Å². The molecule has 91 valence electrons. The van der Waals surface area contributed by atoms with Crippen molar-refractivity contribution < 1.29 is 9.59 Å². The van der Waals surface area contributed by atoms with Crippen LogP contribution in [-0.2, 0) is 9.59 Å². The van der Waals surface area contributed by atoms with Crippen LogP contribution in [-0.4, -0.2) is 12.6 Å². The number of hydrogen-bond donors (Lipinski definition) is 0. The van der Waals surface area contributed by atoms with E-state index in [1.807, 2.05) is 13.8 Å². The summed E-state index contributed by atoms with van der Waals surface area (Å²) in [5.74, 6) is 0. The summed E-state index contributed by atoms with van der Waals surface area (Å²) in [6.07, 6.45) is 5.08. The fraction of sp³-hybridized carbons (Fsp3) is 0.857. The maximum Gasteiger partial charge on any atom is 0.205 e. The molecule has 1 aliphatic rings. The van der Waals surface area contributed by atoms with Crippen molar-refractivity contribution >= 4 is 12.6 Å². The van der Waals surface area contributed by atoms with Gasteiger partial charge in [-0.2, -0.15) is 0 Å². The van der Waals surface area contributed by atoms with E-state index in [1.165, 1.54) is 0 Å². The predicted octanol–water partition coefficient (Wildman–Crippen LogP) is 3.15. The molecule has 1 fully saturated rings. The molecule has 1 aliphatic carbocycles.